The molecule has 2 atom stereocenters. The Balaban J connectivity index is 2.12. The van der Waals surface area contributed by atoms with Gasteiger partial charge in [0, 0.05) is 12.6 Å². The molecule has 1 aliphatic rings. The molecule has 0 amide bonds. The van der Waals surface area contributed by atoms with Crippen molar-refractivity contribution in [1.29, 1.82) is 0 Å². The highest BCUT2D eigenvalue weighted by Gasteiger charge is 2.37. The van der Waals surface area contributed by atoms with Gasteiger partial charge >= 0.3 is 0 Å². The zero-order valence-corrected chi connectivity index (χ0v) is 13.7. The minimum Gasteiger partial charge on any atom is -0.374 e. The molecule has 1 heterocycles. The normalized spacial score (nSPS) is 24.0. The third-order valence-electron chi connectivity index (χ3n) is 4.05. The van der Waals surface area contributed by atoms with Gasteiger partial charge in [-0.1, -0.05) is 36.2 Å². The molecule has 4 heteroatoms. The van der Waals surface area contributed by atoms with Gasteiger partial charge in [0.15, 0.2) is 0 Å². The molecule has 0 radical (unpaired) electrons. The number of benzene rings is 1. The number of hydrogen-bond acceptors (Lipinski definition) is 2. The molecule has 0 aromatic heterocycles. The summed E-state index contributed by atoms with van der Waals surface area (Å²) in [5.74, 6) is 0. The third kappa shape index (κ3) is 3.88. The second-order valence-electron chi connectivity index (χ2n) is 5.72. The van der Waals surface area contributed by atoms with Crippen LogP contribution in [0.5, 0.6) is 0 Å². The van der Waals surface area contributed by atoms with Gasteiger partial charge in [-0.3, -0.25) is 0 Å². The topological polar surface area (TPSA) is 21.3 Å². The van der Waals surface area contributed by atoms with Crippen molar-refractivity contribution in [2.75, 3.05) is 13.2 Å². The van der Waals surface area contributed by atoms with E-state index in [2.05, 4.69) is 19.2 Å². The molecule has 112 valence electrons. The quantitative estimate of drug-likeness (QED) is 0.836. The number of halogens is 2. The smallest absolute Gasteiger partial charge is 0.0810 e. The van der Waals surface area contributed by atoms with Crippen molar-refractivity contribution in [3.8, 4) is 0 Å². The summed E-state index contributed by atoms with van der Waals surface area (Å²) in [6.45, 7) is 6.26. The number of nitrogens with one attached hydrogen (secondary N) is 1. The Kier molecular flexibility index (Phi) is 5.74. The summed E-state index contributed by atoms with van der Waals surface area (Å²) in [6, 6.07) is 6.19. The van der Waals surface area contributed by atoms with E-state index in [-0.39, 0.29) is 5.60 Å². The summed E-state index contributed by atoms with van der Waals surface area (Å²) in [4.78, 5) is 0. The molecule has 20 heavy (non-hydrogen) atoms. The molecule has 1 saturated heterocycles. The fourth-order valence-corrected chi connectivity index (χ4v) is 3.12. The minimum atomic E-state index is -0.0821. The van der Waals surface area contributed by atoms with Crippen molar-refractivity contribution in [3.63, 3.8) is 0 Å². The predicted octanol–water partition coefficient (Wildman–Crippen LogP) is 4.47. The van der Waals surface area contributed by atoms with Gasteiger partial charge in [-0.2, -0.15) is 0 Å². The first kappa shape index (κ1) is 16.1. The summed E-state index contributed by atoms with van der Waals surface area (Å²) in [7, 11) is 0. The summed E-state index contributed by atoms with van der Waals surface area (Å²) < 4.78 is 6.00. The first-order chi connectivity index (χ1) is 9.55. The van der Waals surface area contributed by atoms with E-state index in [1.165, 1.54) is 5.56 Å². The van der Waals surface area contributed by atoms with Crippen molar-refractivity contribution < 1.29 is 4.74 Å². The van der Waals surface area contributed by atoms with Crippen LogP contribution in [-0.2, 0) is 11.2 Å². The largest absolute Gasteiger partial charge is 0.374 e. The molecule has 0 bridgehead atoms. The summed E-state index contributed by atoms with van der Waals surface area (Å²) in [5, 5.41) is 4.86. The van der Waals surface area contributed by atoms with Gasteiger partial charge in [0.05, 0.1) is 15.6 Å². The predicted molar refractivity (Wildman–Crippen MR) is 85.8 cm³/mol. The molecule has 0 spiro atoms. The van der Waals surface area contributed by atoms with Crippen molar-refractivity contribution in [1.82, 2.24) is 5.32 Å². The van der Waals surface area contributed by atoms with E-state index in [1.54, 1.807) is 0 Å². The lowest BCUT2D eigenvalue weighted by molar-refractivity contribution is -0.0114. The molecule has 1 N–H and O–H groups in total. The monoisotopic (exact) mass is 315 g/mol. The highest BCUT2D eigenvalue weighted by molar-refractivity contribution is 6.42. The molecule has 0 saturated carbocycles. The zero-order chi connectivity index (χ0) is 14.6. The standard InChI is InChI=1S/C16H23Cl2NO/c1-3-8-19-15(16(2)7-4-9-20-16)11-12-5-6-13(17)14(18)10-12/h5-6,10,15,19H,3-4,7-9,11H2,1-2H3. The minimum absolute atomic E-state index is 0.0821. The van der Waals surface area contributed by atoms with Gasteiger partial charge in [-0.25, -0.2) is 0 Å². The maximum atomic E-state index is 6.11. The first-order valence-electron chi connectivity index (χ1n) is 7.36. The van der Waals surface area contributed by atoms with Crippen LogP contribution in [0.3, 0.4) is 0 Å². The molecule has 2 unspecified atom stereocenters. The van der Waals surface area contributed by atoms with Gasteiger partial charge in [-0.05, 0) is 56.8 Å². The lowest BCUT2D eigenvalue weighted by atomic mass is 9.88. The Hall–Kier alpha value is -0.280. The molecule has 2 nitrogen and oxygen atoms in total. The van der Waals surface area contributed by atoms with Crippen LogP contribution < -0.4 is 5.32 Å². The lowest BCUT2D eigenvalue weighted by Crippen LogP contribution is -2.50. The first-order valence-corrected chi connectivity index (χ1v) is 8.12. The SMILES string of the molecule is CCCNC(Cc1ccc(Cl)c(Cl)c1)C1(C)CCCO1. The number of hydrogen-bond donors (Lipinski definition) is 1. The van der Waals surface area contributed by atoms with Gasteiger partial charge in [-0.15, -0.1) is 0 Å². The Morgan fingerprint density at radius 2 is 2.15 bits per heavy atom. The summed E-state index contributed by atoms with van der Waals surface area (Å²) >= 11 is 12.1. The van der Waals surface area contributed by atoms with Crippen LogP contribution in [0, 0.1) is 0 Å². The number of ether oxygens (including phenoxy) is 1. The van der Waals surface area contributed by atoms with Crippen molar-refractivity contribution in [2.45, 2.75) is 51.2 Å². The number of rotatable bonds is 6. The van der Waals surface area contributed by atoms with E-state index in [4.69, 9.17) is 27.9 Å². The molecule has 1 fully saturated rings. The highest BCUT2D eigenvalue weighted by atomic mass is 35.5. The highest BCUT2D eigenvalue weighted by Crippen LogP contribution is 2.31. The Morgan fingerprint density at radius 3 is 2.75 bits per heavy atom. The van der Waals surface area contributed by atoms with Crippen LogP contribution in [-0.4, -0.2) is 24.8 Å². The Bertz CT molecular complexity index is 444. The molecular formula is C16H23Cl2NO. The average Bonchev–Trinajstić information content (AvgIpc) is 2.86. The van der Waals surface area contributed by atoms with Crippen LogP contribution in [0.1, 0.15) is 38.7 Å². The van der Waals surface area contributed by atoms with Gasteiger partial charge in [0.25, 0.3) is 0 Å². The summed E-state index contributed by atoms with van der Waals surface area (Å²) in [6.07, 6.45) is 4.28. The van der Waals surface area contributed by atoms with Crippen LogP contribution in [0.25, 0.3) is 0 Å². The second-order valence-corrected chi connectivity index (χ2v) is 6.54. The molecular weight excluding hydrogens is 293 g/mol. The maximum absolute atomic E-state index is 6.11. The molecule has 1 aromatic carbocycles. The van der Waals surface area contributed by atoms with E-state index in [1.807, 2.05) is 18.2 Å². The third-order valence-corrected chi connectivity index (χ3v) is 4.79. The average molecular weight is 316 g/mol. The van der Waals surface area contributed by atoms with Gasteiger partial charge in [0.2, 0.25) is 0 Å². The van der Waals surface area contributed by atoms with Crippen LogP contribution in [0.2, 0.25) is 10.0 Å². The van der Waals surface area contributed by atoms with E-state index >= 15 is 0 Å². The molecule has 1 aliphatic heterocycles. The molecule has 2 rings (SSSR count). The summed E-state index contributed by atoms with van der Waals surface area (Å²) in [5.41, 5.74) is 1.12. The van der Waals surface area contributed by atoms with E-state index in [0.717, 1.165) is 38.8 Å². The van der Waals surface area contributed by atoms with Crippen LogP contribution in [0.4, 0.5) is 0 Å². The second kappa shape index (κ2) is 7.13. The van der Waals surface area contributed by atoms with Crippen molar-refractivity contribution >= 4 is 23.2 Å². The maximum Gasteiger partial charge on any atom is 0.0810 e. The molecule has 0 aliphatic carbocycles. The Morgan fingerprint density at radius 1 is 1.35 bits per heavy atom. The molecule has 1 aromatic rings. The lowest BCUT2D eigenvalue weighted by Gasteiger charge is -2.34. The van der Waals surface area contributed by atoms with Crippen molar-refractivity contribution in [3.05, 3.63) is 33.8 Å². The fraction of sp³-hybridized carbons (Fsp3) is 0.625. The van der Waals surface area contributed by atoms with E-state index in [0.29, 0.717) is 16.1 Å². The van der Waals surface area contributed by atoms with E-state index in [9.17, 15) is 0 Å². The Labute approximate surface area is 131 Å². The van der Waals surface area contributed by atoms with Crippen LogP contribution >= 0.6 is 23.2 Å². The fourth-order valence-electron chi connectivity index (χ4n) is 2.80. The van der Waals surface area contributed by atoms with Gasteiger partial charge in [0.1, 0.15) is 0 Å². The van der Waals surface area contributed by atoms with Gasteiger partial charge < -0.3 is 10.1 Å². The zero-order valence-electron chi connectivity index (χ0n) is 12.2. The van der Waals surface area contributed by atoms with E-state index < -0.39 is 0 Å². The van der Waals surface area contributed by atoms with Crippen molar-refractivity contribution in [2.24, 2.45) is 0 Å². The van der Waals surface area contributed by atoms with Crippen LogP contribution in [0.15, 0.2) is 18.2 Å².